The van der Waals surface area contributed by atoms with Crippen molar-refractivity contribution in [2.45, 2.75) is 50.1 Å². The summed E-state index contributed by atoms with van der Waals surface area (Å²) < 4.78 is 27.2. The summed E-state index contributed by atoms with van der Waals surface area (Å²) in [6, 6.07) is 25.0. The van der Waals surface area contributed by atoms with Gasteiger partial charge in [-0.25, -0.2) is 8.42 Å². The summed E-state index contributed by atoms with van der Waals surface area (Å²) in [6.45, 7) is 3.73. The average molecular weight is 534 g/mol. The van der Waals surface area contributed by atoms with Crippen LogP contribution in [0.15, 0.2) is 89.8 Å². The number of likely N-dealkylation sites (N-methyl/N-ethyl adjacent to an activating group) is 1. The number of nitrogens with one attached hydrogen (secondary N) is 1. The van der Waals surface area contributed by atoms with Crippen LogP contribution >= 0.6 is 0 Å². The van der Waals surface area contributed by atoms with E-state index in [9.17, 15) is 18.0 Å². The van der Waals surface area contributed by atoms with Crippen LogP contribution < -0.4 is 5.32 Å². The third-order valence-electron chi connectivity index (χ3n) is 6.80. The van der Waals surface area contributed by atoms with Crippen molar-refractivity contribution >= 4 is 21.8 Å². The predicted molar refractivity (Wildman–Crippen MR) is 148 cm³/mol. The SMILES string of the molecule is CCNC(=O)C(c1ccccc1)N(Cc1ccccc1)C(=O)CCc1ccc(S(=O)(=O)N2CCCC2)cc1. The summed E-state index contributed by atoms with van der Waals surface area (Å²) in [5, 5.41) is 2.89. The second-order valence-electron chi connectivity index (χ2n) is 9.47. The number of hydrogen-bond acceptors (Lipinski definition) is 4. The summed E-state index contributed by atoms with van der Waals surface area (Å²) in [5.74, 6) is -0.373. The van der Waals surface area contributed by atoms with Gasteiger partial charge in [0.05, 0.1) is 4.90 Å². The molecular weight excluding hydrogens is 498 g/mol. The highest BCUT2D eigenvalue weighted by Gasteiger charge is 2.31. The molecule has 7 nitrogen and oxygen atoms in total. The lowest BCUT2D eigenvalue weighted by Gasteiger charge is -2.31. The topological polar surface area (TPSA) is 86.8 Å². The largest absolute Gasteiger partial charge is 0.354 e. The van der Waals surface area contributed by atoms with Crippen molar-refractivity contribution in [3.63, 3.8) is 0 Å². The van der Waals surface area contributed by atoms with E-state index in [1.54, 1.807) is 29.2 Å². The van der Waals surface area contributed by atoms with E-state index in [-0.39, 0.29) is 23.1 Å². The molecule has 1 unspecified atom stereocenters. The Morgan fingerprint density at radius 3 is 2.08 bits per heavy atom. The molecule has 200 valence electrons. The molecule has 38 heavy (non-hydrogen) atoms. The fourth-order valence-corrected chi connectivity index (χ4v) is 6.30. The number of hydrogen-bond donors (Lipinski definition) is 1. The van der Waals surface area contributed by atoms with Crippen LogP contribution in [0.3, 0.4) is 0 Å². The maximum atomic E-state index is 13.7. The first-order chi connectivity index (χ1) is 18.4. The molecule has 3 aromatic rings. The predicted octanol–water partition coefficient (Wildman–Crippen LogP) is 4.31. The van der Waals surface area contributed by atoms with Crippen LogP contribution in [-0.4, -0.2) is 49.1 Å². The van der Waals surface area contributed by atoms with Gasteiger partial charge in [-0.15, -0.1) is 0 Å². The van der Waals surface area contributed by atoms with E-state index in [2.05, 4.69) is 5.32 Å². The molecule has 0 saturated carbocycles. The monoisotopic (exact) mass is 533 g/mol. The molecular formula is C30H35N3O4S. The molecule has 8 heteroatoms. The maximum absolute atomic E-state index is 13.7. The molecule has 1 aliphatic heterocycles. The van der Waals surface area contributed by atoms with Crippen molar-refractivity contribution in [2.75, 3.05) is 19.6 Å². The minimum atomic E-state index is -3.48. The first kappa shape index (κ1) is 27.5. The molecule has 1 atom stereocenters. The smallest absolute Gasteiger partial charge is 0.247 e. The van der Waals surface area contributed by atoms with Gasteiger partial charge in [0.1, 0.15) is 6.04 Å². The van der Waals surface area contributed by atoms with Crippen LogP contribution in [0.25, 0.3) is 0 Å². The normalized spacial score (nSPS) is 14.7. The van der Waals surface area contributed by atoms with Crippen molar-refractivity contribution in [2.24, 2.45) is 0 Å². The lowest BCUT2D eigenvalue weighted by atomic mass is 10.0. The van der Waals surface area contributed by atoms with Crippen LogP contribution in [0.5, 0.6) is 0 Å². The molecule has 1 fully saturated rings. The molecule has 1 saturated heterocycles. The van der Waals surface area contributed by atoms with Gasteiger partial charge in [0.15, 0.2) is 0 Å². The standard InChI is InChI=1S/C30H35N3O4S/c1-2-31-30(35)29(26-13-7-4-8-14-26)33(23-25-11-5-3-6-12-25)28(34)20-17-24-15-18-27(19-16-24)38(36,37)32-21-9-10-22-32/h3-8,11-16,18-19,29H,2,9-10,17,20-23H2,1H3,(H,31,35). The molecule has 1 N–H and O–H groups in total. The van der Waals surface area contributed by atoms with Gasteiger partial charge in [0, 0.05) is 32.6 Å². The van der Waals surface area contributed by atoms with Crippen LogP contribution in [0.1, 0.15) is 48.9 Å². The van der Waals surface area contributed by atoms with E-state index < -0.39 is 16.1 Å². The molecule has 2 amide bonds. The van der Waals surface area contributed by atoms with Gasteiger partial charge in [0.2, 0.25) is 21.8 Å². The highest BCUT2D eigenvalue weighted by atomic mass is 32.2. The number of carbonyl (C=O) groups excluding carboxylic acids is 2. The first-order valence-electron chi connectivity index (χ1n) is 13.2. The van der Waals surface area contributed by atoms with E-state index in [1.807, 2.05) is 67.6 Å². The summed E-state index contributed by atoms with van der Waals surface area (Å²) in [4.78, 5) is 28.8. The summed E-state index contributed by atoms with van der Waals surface area (Å²) >= 11 is 0. The second-order valence-corrected chi connectivity index (χ2v) is 11.4. The number of carbonyl (C=O) groups is 2. The second kappa shape index (κ2) is 12.8. The Balaban J connectivity index is 1.54. The van der Waals surface area contributed by atoms with Gasteiger partial charge in [0.25, 0.3) is 0 Å². The lowest BCUT2D eigenvalue weighted by molar-refractivity contribution is -0.141. The zero-order valence-corrected chi connectivity index (χ0v) is 22.6. The molecule has 0 radical (unpaired) electrons. The Labute approximate surface area is 225 Å². The van der Waals surface area contributed by atoms with Crippen molar-refractivity contribution in [3.05, 3.63) is 102 Å². The van der Waals surface area contributed by atoms with Crippen LogP contribution in [0.4, 0.5) is 0 Å². The average Bonchev–Trinajstić information content (AvgIpc) is 3.49. The number of nitrogens with zero attached hydrogens (tertiary/aromatic N) is 2. The quantitative estimate of drug-likeness (QED) is 0.398. The molecule has 4 rings (SSSR count). The van der Waals surface area contributed by atoms with E-state index in [0.29, 0.717) is 32.6 Å². The Morgan fingerprint density at radius 2 is 1.47 bits per heavy atom. The highest BCUT2D eigenvalue weighted by Crippen LogP contribution is 2.26. The third kappa shape index (κ3) is 6.68. The molecule has 0 aromatic heterocycles. The van der Waals surface area contributed by atoms with Crippen molar-refractivity contribution in [3.8, 4) is 0 Å². The molecule has 3 aromatic carbocycles. The van der Waals surface area contributed by atoms with Gasteiger partial charge in [-0.05, 0) is 55.0 Å². The molecule has 0 aliphatic carbocycles. The summed E-state index contributed by atoms with van der Waals surface area (Å²) in [7, 11) is -3.48. The molecule has 0 bridgehead atoms. The van der Waals surface area contributed by atoms with E-state index in [0.717, 1.165) is 29.5 Å². The Bertz CT molecular complexity index is 1310. The Morgan fingerprint density at radius 1 is 0.868 bits per heavy atom. The van der Waals surface area contributed by atoms with Crippen LogP contribution in [0, 0.1) is 0 Å². The summed E-state index contributed by atoms with van der Waals surface area (Å²) in [6.07, 6.45) is 2.40. The van der Waals surface area contributed by atoms with Gasteiger partial charge in [-0.1, -0.05) is 72.8 Å². The van der Waals surface area contributed by atoms with Crippen LogP contribution in [0.2, 0.25) is 0 Å². The highest BCUT2D eigenvalue weighted by molar-refractivity contribution is 7.89. The van der Waals surface area contributed by atoms with E-state index in [4.69, 9.17) is 0 Å². The number of benzene rings is 3. The number of rotatable bonds is 11. The van der Waals surface area contributed by atoms with E-state index >= 15 is 0 Å². The maximum Gasteiger partial charge on any atom is 0.247 e. The first-order valence-corrected chi connectivity index (χ1v) is 14.6. The van der Waals surface area contributed by atoms with Crippen molar-refractivity contribution < 1.29 is 18.0 Å². The van der Waals surface area contributed by atoms with Gasteiger partial charge in [-0.3, -0.25) is 9.59 Å². The minimum Gasteiger partial charge on any atom is -0.354 e. The molecule has 1 heterocycles. The van der Waals surface area contributed by atoms with Gasteiger partial charge >= 0.3 is 0 Å². The number of amides is 2. The zero-order chi connectivity index (χ0) is 27.0. The molecule has 1 aliphatic rings. The minimum absolute atomic E-state index is 0.150. The fraction of sp³-hybridized carbons (Fsp3) is 0.333. The van der Waals surface area contributed by atoms with Crippen LogP contribution in [-0.2, 0) is 32.6 Å². The van der Waals surface area contributed by atoms with E-state index in [1.165, 1.54) is 4.31 Å². The third-order valence-corrected chi connectivity index (χ3v) is 8.71. The van der Waals surface area contributed by atoms with Gasteiger partial charge < -0.3 is 10.2 Å². The summed E-state index contributed by atoms with van der Waals surface area (Å²) in [5.41, 5.74) is 2.55. The fourth-order valence-electron chi connectivity index (χ4n) is 4.78. The van der Waals surface area contributed by atoms with Crippen molar-refractivity contribution in [1.82, 2.24) is 14.5 Å². The molecule has 0 spiro atoms. The van der Waals surface area contributed by atoms with Crippen molar-refractivity contribution in [1.29, 1.82) is 0 Å². The Hall–Kier alpha value is -3.49. The number of sulfonamides is 1. The zero-order valence-electron chi connectivity index (χ0n) is 21.8. The lowest BCUT2D eigenvalue weighted by Crippen LogP contribution is -2.43. The van der Waals surface area contributed by atoms with Gasteiger partial charge in [-0.2, -0.15) is 4.31 Å². The number of aryl methyl sites for hydroxylation is 1. The Kier molecular flexibility index (Phi) is 9.31.